The molecule has 1 atom stereocenters. The van der Waals surface area contributed by atoms with E-state index < -0.39 is 0 Å². The molecule has 1 aromatic heterocycles. The summed E-state index contributed by atoms with van der Waals surface area (Å²) >= 11 is 1.65. The third kappa shape index (κ3) is 4.68. The van der Waals surface area contributed by atoms with Crippen molar-refractivity contribution >= 4 is 22.4 Å². The lowest BCUT2D eigenvalue weighted by Gasteiger charge is -2.34. The fraction of sp³-hybridized carbons (Fsp3) is 0.750. The number of thiazole rings is 1. The van der Waals surface area contributed by atoms with Crippen molar-refractivity contribution in [2.45, 2.75) is 45.1 Å². The molecule has 0 saturated carbocycles. The topological polar surface area (TPSA) is 48.5 Å². The van der Waals surface area contributed by atoms with E-state index in [9.17, 15) is 4.79 Å². The Morgan fingerprint density at radius 2 is 2.32 bits per heavy atom. The van der Waals surface area contributed by atoms with Crippen LogP contribution in [0, 0.1) is 0 Å². The van der Waals surface area contributed by atoms with Crippen LogP contribution in [0.4, 0.5) is 5.13 Å². The van der Waals surface area contributed by atoms with Crippen molar-refractivity contribution in [2.24, 2.45) is 0 Å². The maximum atomic E-state index is 12.4. The van der Waals surface area contributed by atoms with Gasteiger partial charge in [0.05, 0.1) is 11.7 Å². The number of carbonyl (C=O) groups is 1. The molecule has 22 heavy (non-hydrogen) atoms. The number of anilines is 1. The van der Waals surface area contributed by atoms with Gasteiger partial charge >= 0.3 is 0 Å². The number of rotatable bonds is 7. The molecule has 1 aliphatic rings. The molecule has 0 unspecified atom stereocenters. The van der Waals surface area contributed by atoms with Crippen LogP contribution in [0.5, 0.6) is 0 Å². The minimum Gasteiger partial charge on any atom is -0.354 e. The molecule has 1 saturated heterocycles. The minimum absolute atomic E-state index is 0.0708. The van der Waals surface area contributed by atoms with E-state index in [0.29, 0.717) is 6.54 Å². The van der Waals surface area contributed by atoms with Crippen molar-refractivity contribution in [1.29, 1.82) is 0 Å². The first-order valence-electron chi connectivity index (χ1n) is 8.25. The van der Waals surface area contributed by atoms with Gasteiger partial charge in [-0.05, 0) is 32.4 Å². The number of aromatic nitrogens is 1. The highest BCUT2D eigenvalue weighted by molar-refractivity contribution is 7.13. The molecule has 0 spiro atoms. The van der Waals surface area contributed by atoms with Gasteiger partial charge in [-0.15, -0.1) is 11.3 Å². The third-order valence-corrected chi connectivity index (χ3v) is 5.09. The van der Waals surface area contributed by atoms with Crippen LogP contribution in [0.2, 0.25) is 0 Å². The lowest BCUT2D eigenvalue weighted by Crippen LogP contribution is -2.50. The van der Waals surface area contributed by atoms with Crippen LogP contribution < -0.4 is 10.2 Å². The van der Waals surface area contributed by atoms with Crippen LogP contribution in [-0.4, -0.2) is 55.6 Å². The fourth-order valence-corrected chi connectivity index (χ4v) is 3.68. The first-order valence-corrected chi connectivity index (χ1v) is 9.13. The van der Waals surface area contributed by atoms with E-state index in [0.717, 1.165) is 49.6 Å². The Morgan fingerprint density at radius 1 is 1.50 bits per heavy atom. The molecule has 0 bridgehead atoms. The number of hydrogen-bond donors (Lipinski definition) is 1. The van der Waals surface area contributed by atoms with Crippen molar-refractivity contribution in [3.05, 3.63) is 11.1 Å². The van der Waals surface area contributed by atoms with Crippen LogP contribution in [0.3, 0.4) is 0 Å². The Balaban J connectivity index is 1.78. The Kier molecular flexibility index (Phi) is 6.64. The molecule has 0 radical (unpaired) electrons. The van der Waals surface area contributed by atoms with Gasteiger partial charge in [-0.25, -0.2) is 4.98 Å². The van der Waals surface area contributed by atoms with Gasteiger partial charge in [0, 0.05) is 32.4 Å². The zero-order valence-corrected chi connectivity index (χ0v) is 14.8. The molecule has 0 aromatic carbocycles. The Morgan fingerprint density at radius 3 is 3.00 bits per heavy atom. The van der Waals surface area contributed by atoms with Crippen molar-refractivity contribution in [3.63, 3.8) is 0 Å². The lowest BCUT2D eigenvalue weighted by molar-refractivity contribution is -0.127. The molecule has 1 aliphatic heterocycles. The predicted molar refractivity (Wildman–Crippen MR) is 92.7 cm³/mol. The number of hydrogen-bond acceptors (Lipinski definition) is 5. The summed E-state index contributed by atoms with van der Waals surface area (Å²) in [6.45, 7) is 4.93. The largest absolute Gasteiger partial charge is 0.354 e. The Labute approximate surface area is 137 Å². The van der Waals surface area contributed by atoms with E-state index in [4.69, 9.17) is 0 Å². The van der Waals surface area contributed by atoms with E-state index in [-0.39, 0.29) is 11.9 Å². The molecule has 1 aromatic rings. The van der Waals surface area contributed by atoms with Gasteiger partial charge in [-0.1, -0.05) is 13.3 Å². The van der Waals surface area contributed by atoms with E-state index >= 15 is 0 Å². The van der Waals surface area contributed by atoms with Gasteiger partial charge in [0.2, 0.25) is 5.91 Å². The first kappa shape index (κ1) is 17.2. The van der Waals surface area contributed by atoms with Gasteiger partial charge < -0.3 is 10.2 Å². The summed E-state index contributed by atoms with van der Waals surface area (Å²) in [5.74, 6) is 0.191. The van der Waals surface area contributed by atoms with Crippen LogP contribution in [0.1, 0.15) is 38.3 Å². The van der Waals surface area contributed by atoms with E-state index in [1.165, 1.54) is 6.42 Å². The van der Waals surface area contributed by atoms with E-state index in [1.54, 1.807) is 11.3 Å². The number of nitrogens with zero attached hydrogens (tertiary/aromatic N) is 3. The van der Waals surface area contributed by atoms with E-state index in [2.05, 4.69) is 27.5 Å². The summed E-state index contributed by atoms with van der Waals surface area (Å²) in [4.78, 5) is 21.3. The second-order valence-corrected chi connectivity index (χ2v) is 6.94. The van der Waals surface area contributed by atoms with Gasteiger partial charge in [0.25, 0.3) is 0 Å². The third-order valence-electron chi connectivity index (χ3n) is 4.03. The van der Waals surface area contributed by atoms with Crippen molar-refractivity contribution in [3.8, 4) is 0 Å². The molecule has 5 nitrogen and oxygen atoms in total. The number of carbonyl (C=O) groups excluding carboxylic acids is 1. The average Bonchev–Trinajstić information content (AvgIpc) is 2.97. The maximum absolute atomic E-state index is 12.4. The highest BCUT2D eigenvalue weighted by Gasteiger charge is 2.27. The minimum atomic E-state index is 0.0708. The lowest BCUT2D eigenvalue weighted by atomic mass is 10.0. The van der Waals surface area contributed by atoms with Gasteiger partial charge in [0.15, 0.2) is 5.13 Å². The highest BCUT2D eigenvalue weighted by atomic mass is 32.1. The summed E-state index contributed by atoms with van der Waals surface area (Å²) in [5.41, 5.74) is 1.06. The molecule has 0 aliphatic carbocycles. The first-order chi connectivity index (χ1) is 10.6. The number of amides is 1. The maximum Gasteiger partial charge on any atom is 0.237 e. The normalized spacial score (nSPS) is 19.1. The van der Waals surface area contributed by atoms with Crippen LogP contribution in [0.25, 0.3) is 0 Å². The summed E-state index contributed by atoms with van der Waals surface area (Å²) in [7, 11) is 3.99. The van der Waals surface area contributed by atoms with Crippen molar-refractivity contribution in [1.82, 2.24) is 15.2 Å². The molecule has 1 fully saturated rings. The van der Waals surface area contributed by atoms with Gasteiger partial charge in [-0.3, -0.25) is 9.69 Å². The number of piperidine rings is 1. The standard InChI is InChI=1S/C16H28N4OS/c1-4-10-20-11-6-5-7-14(20)15(21)17-9-8-13-12-22-16(18-13)19(2)3/h12,14H,4-11H2,1-3H3,(H,17,21)/t14-/m1/s1. The molecule has 1 N–H and O–H groups in total. The second kappa shape index (κ2) is 8.48. The molecule has 1 amide bonds. The number of nitrogens with one attached hydrogen (secondary N) is 1. The Hall–Kier alpha value is -1.14. The quantitative estimate of drug-likeness (QED) is 0.835. The molecular weight excluding hydrogens is 296 g/mol. The number of likely N-dealkylation sites (tertiary alicyclic amines) is 1. The molecule has 2 heterocycles. The van der Waals surface area contributed by atoms with Gasteiger partial charge in [-0.2, -0.15) is 0 Å². The molecular formula is C16H28N4OS. The zero-order valence-electron chi connectivity index (χ0n) is 14.0. The predicted octanol–water partition coefficient (Wildman–Crippen LogP) is 2.13. The summed E-state index contributed by atoms with van der Waals surface area (Å²) in [5, 5.41) is 6.19. The fourth-order valence-electron chi connectivity index (χ4n) is 2.89. The summed E-state index contributed by atoms with van der Waals surface area (Å²) < 4.78 is 0. The Bertz CT molecular complexity index is 472. The average molecular weight is 324 g/mol. The summed E-state index contributed by atoms with van der Waals surface area (Å²) in [6.07, 6.45) is 5.28. The molecule has 124 valence electrons. The molecule has 6 heteroatoms. The van der Waals surface area contributed by atoms with Gasteiger partial charge in [0.1, 0.15) is 0 Å². The zero-order chi connectivity index (χ0) is 15.9. The van der Waals surface area contributed by atoms with Crippen LogP contribution in [0.15, 0.2) is 5.38 Å². The van der Waals surface area contributed by atoms with Crippen LogP contribution >= 0.6 is 11.3 Å². The summed E-state index contributed by atoms with van der Waals surface area (Å²) in [6, 6.07) is 0.0708. The molecule has 2 rings (SSSR count). The van der Waals surface area contributed by atoms with E-state index in [1.807, 2.05) is 19.0 Å². The smallest absolute Gasteiger partial charge is 0.237 e. The highest BCUT2D eigenvalue weighted by Crippen LogP contribution is 2.19. The van der Waals surface area contributed by atoms with Crippen LogP contribution in [-0.2, 0) is 11.2 Å². The van der Waals surface area contributed by atoms with Crippen molar-refractivity contribution < 1.29 is 4.79 Å². The monoisotopic (exact) mass is 324 g/mol. The van der Waals surface area contributed by atoms with Crippen molar-refractivity contribution in [2.75, 3.05) is 38.6 Å². The SMILES string of the molecule is CCCN1CCCC[C@@H]1C(=O)NCCc1csc(N(C)C)n1. The second-order valence-electron chi connectivity index (χ2n) is 6.10.